The second-order valence-electron chi connectivity index (χ2n) is 8.15. The molecular weight excluding hydrogens is 352 g/mol. The normalized spacial score (nSPS) is 27.1. The lowest BCUT2D eigenvalue weighted by molar-refractivity contribution is -0.139. The van der Waals surface area contributed by atoms with Crippen molar-refractivity contribution in [1.29, 1.82) is 0 Å². The van der Waals surface area contributed by atoms with E-state index in [1.807, 2.05) is 24.3 Å². The fourth-order valence-electron chi connectivity index (χ4n) is 5.00. The second kappa shape index (κ2) is 7.46. The van der Waals surface area contributed by atoms with E-state index in [1.165, 1.54) is 12.0 Å². The quantitative estimate of drug-likeness (QED) is 0.701. The Morgan fingerprint density at radius 3 is 2.61 bits per heavy atom. The Bertz CT molecular complexity index is 873. The van der Waals surface area contributed by atoms with Gasteiger partial charge in [-0.3, -0.25) is 4.79 Å². The first kappa shape index (κ1) is 17.5. The lowest BCUT2D eigenvalue weighted by atomic mass is 9.79. The van der Waals surface area contributed by atoms with Crippen LogP contribution in [0.5, 0.6) is 0 Å². The number of carbonyl (C=O) groups is 1. The summed E-state index contributed by atoms with van der Waals surface area (Å²) in [6.07, 6.45) is 14.0. The van der Waals surface area contributed by atoms with E-state index >= 15 is 0 Å². The van der Waals surface area contributed by atoms with Crippen molar-refractivity contribution < 1.29 is 13.6 Å². The number of nitrogens with zero attached hydrogens (tertiary/aromatic N) is 2. The molecule has 2 aromatic heterocycles. The number of allylic oxidation sites excluding steroid dienone is 1. The molecule has 0 unspecified atom stereocenters. The van der Waals surface area contributed by atoms with E-state index < -0.39 is 0 Å². The van der Waals surface area contributed by atoms with Crippen LogP contribution in [-0.2, 0) is 4.79 Å². The van der Waals surface area contributed by atoms with E-state index in [4.69, 9.17) is 13.9 Å². The number of fused-ring (bicyclic) bond motifs is 1. The zero-order valence-corrected chi connectivity index (χ0v) is 16.0. The number of hydrazone groups is 1. The summed E-state index contributed by atoms with van der Waals surface area (Å²) in [5.41, 5.74) is 2.22. The van der Waals surface area contributed by atoms with Crippen LogP contribution in [0.25, 0.3) is 6.08 Å². The van der Waals surface area contributed by atoms with Crippen LogP contribution in [-0.4, -0.2) is 16.6 Å². The molecule has 3 aliphatic rings. The molecule has 5 nitrogen and oxygen atoms in total. The minimum absolute atomic E-state index is 0.0909. The first-order valence-corrected chi connectivity index (χ1v) is 10.5. The number of carbonyl (C=O) groups excluding carboxylic acids is 1. The van der Waals surface area contributed by atoms with Crippen LogP contribution in [0.15, 0.2) is 56.3 Å². The third-order valence-electron chi connectivity index (χ3n) is 6.38. The Kier molecular flexibility index (Phi) is 4.67. The molecular formula is C23H26N2O3. The van der Waals surface area contributed by atoms with Crippen molar-refractivity contribution in [3.8, 4) is 0 Å². The summed E-state index contributed by atoms with van der Waals surface area (Å²) < 4.78 is 11.3. The number of furan rings is 2. The largest absolute Gasteiger partial charge is 0.467 e. The summed E-state index contributed by atoms with van der Waals surface area (Å²) in [6, 6.07) is 7.61. The van der Waals surface area contributed by atoms with Crippen LogP contribution in [0.2, 0.25) is 0 Å². The van der Waals surface area contributed by atoms with Crippen LogP contribution in [0.4, 0.5) is 0 Å². The third-order valence-corrected chi connectivity index (χ3v) is 6.38. The van der Waals surface area contributed by atoms with Gasteiger partial charge in [-0.25, -0.2) is 5.01 Å². The standard InChI is InChI=1S/C23H26N2O3/c26-23(16-7-2-1-3-8-16)25-22(20-12-6-14-28-20)19-11-4-9-17(21(19)24-25)15-18-10-5-13-27-18/h5-6,10,12-16,19,22H,1-4,7-9,11H2/b17-15+/t19-,22+/m1/s1. The number of hydrogen-bond donors (Lipinski definition) is 0. The molecule has 0 bridgehead atoms. The van der Waals surface area contributed by atoms with Gasteiger partial charge >= 0.3 is 0 Å². The van der Waals surface area contributed by atoms with Gasteiger partial charge < -0.3 is 8.83 Å². The maximum Gasteiger partial charge on any atom is 0.246 e. The monoisotopic (exact) mass is 378 g/mol. The minimum atomic E-state index is -0.125. The fourth-order valence-corrected chi connectivity index (χ4v) is 5.00. The molecule has 1 aliphatic heterocycles. The van der Waals surface area contributed by atoms with Crippen LogP contribution in [0, 0.1) is 11.8 Å². The lowest BCUT2D eigenvalue weighted by Gasteiger charge is -2.30. The summed E-state index contributed by atoms with van der Waals surface area (Å²) in [5, 5.41) is 6.68. The van der Waals surface area contributed by atoms with Crippen molar-refractivity contribution in [2.75, 3.05) is 0 Å². The molecule has 2 fully saturated rings. The maximum atomic E-state index is 13.4. The van der Waals surface area contributed by atoms with Crippen molar-refractivity contribution in [3.63, 3.8) is 0 Å². The Balaban J connectivity index is 1.51. The summed E-state index contributed by atoms with van der Waals surface area (Å²) >= 11 is 0. The highest BCUT2D eigenvalue weighted by Gasteiger charge is 2.46. The van der Waals surface area contributed by atoms with Crippen LogP contribution in [0.1, 0.15) is 68.9 Å². The molecule has 1 amide bonds. The maximum absolute atomic E-state index is 13.4. The van der Waals surface area contributed by atoms with Crippen molar-refractivity contribution in [2.24, 2.45) is 16.9 Å². The summed E-state index contributed by atoms with van der Waals surface area (Å²) in [7, 11) is 0. The van der Waals surface area contributed by atoms with Gasteiger partial charge in [-0.2, -0.15) is 5.10 Å². The van der Waals surface area contributed by atoms with Gasteiger partial charge in [-0.1, -0.05) is 19.3 Å². The molecule has 0 spiro atoms. The van der Waals surface area contributed by atoms with Gasteiger partial charge in [0.1, 0.15) is 17.6 Å². The van der Waals surface area contributed by atoms with E-state index in [1.54, 1.807) is 17.5 Å². The smallest absolute Gasteiger partial charge is 0.246 e. The molecule has 0 saturated heterocycles. The summed E-state index contributed by atoms with van der Waals surface area (Å²) in [4.78, 5) is 13.4. The van der Waals surface area contributed by atoms with Gasteiger partial charge in [0, 0.05) is 11.8 Å². The van der Waals surface area contributed by atoms with Crippen molar-refractivity contribution in [2.45, 2.75) is 57.4 Å². The van der Waals surface area contributed by atoms with Gasteiger partial charge in [0.2, 0.25) is 5.91 Å². The number of amides is 1. The summed E-state index contributed by atoms with van der Waals surface area (Å²) in [5.74, 6) is 2.12. The topological polar surface area (TPSA) is 59.0 Å². The van der Waals surface area contributed by atoms with Crippen molar-refractivity contribution in [3.05, 3.63) is 53.9 Å². The van der Waals surface area contributed by atoms with E-state index in [9.17, 15) is 4.79 Å². The molecule has 2 saturated carbocycles. The van der Waals surface area contributed by atoms with Gasteiger partial charge in [0.05, 0.1) is 18.2 Å². The average Bonchev–Trinajstić information content (AvgIpc) is 3.48. The molecule has 0 N–H and O–H groups in total. The Hall–Kier alpha value is -2.56. The molecule has 0 aromatic carbocycles. The van der Waals surface area contributed by atoms with E-state index in [2.05, 4.69) is 6.08 Å². The van der Waals surface area contributed by atoms with Crippen molar-refractivity contribution >= 4 is 17.7 Å². The average molecular weight is 378 g/mol. The highest BCUT2D eigenvalue weighted by Crippen LogP contribution is 2.45. The molecule has 0 radical (unpaired) electrons. The van der Waals surface area contributed by atoms with Gasteiger partial charge in [0.25, 0.3) is 0 Å². The molecule has 5 heteroatoms. The van der Waals surface area contributed by atoms with Crippen LogP contribution >= 0.6 is 0 Å². The predicted molar refractivity (Wildman–Crippen MR) is 106 cm³/mol. The highest BCUT2D eigenvalue weighted by atomic mass is 16.3. The van der Waals surface area contributed by atoms with Gasteiger partial charge in [-0.15, -0.1) is 0 Å². The number of rotatable bonds is 3. The lowest BCUT2D eigenvalue weighted by Crippen LogP contribution is -2.36. The highest BCUT2D eigenvalue weighted by molar-refractivity contribution is 6.08. The number of hydrogen-bond acceptors (Lipinski definition) is 4. The first-order valence-electron chi connectivity index (χ1n) is 10.5. The molecule has 2 atom stereocenters. The van der Waals surface area contributed by atoms with Gasteiger partial charge in [0.15, 0.2) is 0 Å². The zero-order chi connectivity index (χ0) is 18.9. The first-order chi connectivity index (χ1) is 13.8. The Labute approximate surface area is 165 Å². The van der Waals surface area contributed by atoms with Gasteiger partial charge in [-0.05, 0) is 68.0 Å². The molecule has 2 aromatic rings. The molecule has 5 rings (SSSR count). The Morgan fingerprint density at radius 1 is 1.04 bits per heavy atom. The van der Waals surface area contributed by atoms with Crippen LogP contribution < -0.4 is 0 Å². The van der Waals surface area contributed by atoms with Crippen LogP contribution in [0.3, 0.4) is 0 Å². The molecule has 28 heavy (non-hydrogen) atoms. The van der Waals surface area contributed by atoms with E-state index in [0.29, 0.717) is 0 Å². The molecule has 146 valence electrons. The third kappa shape index (κ3) is 3.13. The Morgan fingerprint density at radius 2 is 1.86 bits per heavy atom. The zero-order valence-electron chi connectivity index (χ0n) is 16.0. The minimum Gasteiger partial charge on any atom is -0.467 e. The second-order valence-corrected chi connectivity index (χ2v) is 8.15. The van der Waals surface area contributed by atoms with E-state index in [0.717, 1.165) is 62.2 Å². The SMILES string of the molecule is O=C(C1CCCCC1)N1N=C2/C(=C/c3ccco3)CCC[C@H]2[C@H]1c1ccco1. The van der Waals surface area contributed by atoms with E-state index in [-0.39, 0.29) is 23.8 Å². The fraction of sp³-hybridized carbons (Fsp3) is 0.478. The van der Waals surface area contributed by atoms with Crippen molar-refractivity contribution in [1.82, 2.24) is 5.01 Å². The molecule has 2 aliphatic carbocycles. The molecule has 3 heterocycles. The summed E-state index contributed by atoms with van der Waals surface area (Å²) in [6.45, 7) is 0. The predicted octanol–water partition coefficient (Wildman–Crippen LogP) is 5.58.